The second-order valence-electron chi connectivity index (χ2n) is 3.67. The first-order valence-electron chi connectivity index (χ1n) is 5.12. The minimum Gasteiger partial charge on any atom is -0.387 e. The smallest absolute Gasteiger partial charge is 0.125 e. The minimum absolute atomic E-state index is 0.224. The van der Waals surface area contributed by atoms with Gasteiger partial charge in [-0.1, -0.05) is 24.9 Å². The fourth-order valence-electron chi connectivity index (χ4n) is 1.58. The van der Waals surface area contributed by atoms with Gasteiger partial charge in [-0.2, -0.15) is 5.26 Å². The number of hydrogen-bond donors (Lipinski definition) is 1. The van der Waals surface area contributed by atoms with E-state index in [-0.39, 0.29) is 5.02 Å². The van der Waals surface area contributed by atoms with E-state index in [2.05, 4.69) is 0 Å². The summed E-state index contributed by atoms with van der Waals surface area (Å²) in [5, 5.41) is 19.0. The highest BCUT2D eigenvalue weighted by Gasteiger charge is 2.20. The van der Waals surface area contributed by atoms with Crippen LogP contribution in [0.2, 0.25) is 5.02 Å². The Morgan fingerprint density at radius 2 is 2.19 bits per heavy atom. The van der Waals surface area contributed by atoms with Crippen molar-refractivity contribution in [3.63, 3.8) is 0 Å². The predicted molar refractivity (Wildman–Crippen MR) is 60.4 cm³/mol. The van der Waals surface area contributed by atoms with E-state index in [9.17, 15) is 9.50 Å². The zero-order chi connectivity index (χ0) is 12.1. The van der Waals surface area contributed by atoms with Crippen molar-refractivity contribution in [2.45, 2.75) is 25.9 Å². The molecule has 0 radical (unpaired) electrons. The van der Waals surface area contributed by atoms with E-state index in [0.29, 0.717) is 12.0 Å². The van der Waals surface area contributed by atoms with Crippen molar-refractivity contribution in [1.29, 1.82) is 5.26 Å². The number of aliphatic hydroxyl groups excluding tert-OH is 1. The van der Waals surface area contributed by atoms with Gasteiger partial charge in [-0.3, -0.25) is 0 Å². The zero-order valence-corrected chi connectivity index (χ0v) is 9.71. The number of rotatable bonds is 4. The Morgan fingerprint density at radius 3 is 2.69 bits per heavy atom. The van der Waals surface area contributed by atoms with Crippen LogP contribution >= 0.6 is 11.6 Å². The van der Waals surface area contributed by atoms with E-state index in [0.717, 1.165) is 6.42 Å². The average Bonchev–Trinajstić information content (AvgIpc) is 2.23. The quantitative estimate of drug-likeness (QED) is 0.878. The maximum atomic E-state index is 13.1. The molecule has 0 heterocycles. The predicted octanol–water partition coefficient (Wildman–Crippen LogP) is 3.45. The van der Waals surface area contributed by atoms with Crippen LogP contribution in [0.25, 0.3) is 0 Å². The topological polar surface area (TPSA) is 44.0 Å². The van der Waals surface area contributed by atoms with Gasteiger partial charge in [0.2, 0.25) is 0 Å². The monoisotopic (exact) mass is 241 g/mol. The summed E-state index contributed by atoms with van der Waals surface area (Å²) in [5.74, 6) is -1.03. The molecule has 0 bridgehead atoms. The van der Waals surface area contributed by atoms with Crippen molar-refractivity contribution >= 4 is 11.6 Å². The molecule has 1 aromatic carbocycles. The first kappa shape index (κ1) is 13.0. The second-order valence-corrected chi connectivity index (χ2v) is 4.11. The van der Waals surface area contributed by atoms with Gasteiger partial charge >= 0.3 is 0 Å². The number of halogens is 2. The van der Waals surface area contributed by atoms with Gasteiger partial charge < -0.3 is 5.11 Å². The third kappa shape index (κ3) is 3.19. The number of benzene rings is 1. The molecule has 0 aromatic heterocycles. The van der Waals surface area contributed by atoms with Crippen LogP contribution in [0.1, 0.15) is 31.4 Å². The van der Waals surface area contributed by atoms with Crippen LogP contribution in [0.5, 0.6) is 0 Å². The Kier molecular flexibility index (Phi) is 4.72. The minimum atomic E-state index is -0.988. The van der Waals surface area contributed by atoms with Crippen molar-refractivity contribution in [2.75, 3.05) is 0 Å². The molecule has 1 aromatic rings. The lowest BCUT2D eigenvalue weighted by Crippen LogP contribution is -2.10. The average molecular weight is 242 g/mol. The number of nitrogens with zero attached hydrogens (tertiary/aromatic N) is 1. The molecule has 0 saturated heterocycles. The summed E-state index contributed by atoms with van der Waals surface area (Å²) in [6, 6.07) is 5.88. The zero-order valence-electron chi connectivity index (χ0n) is 8.95. The summed E-state index contributed by atoms with van der Waals surface area (Å²) < 4.78 is 13.1. The van der Waals surface area contributed by atoms with Crippen LogP contribution in [0.15, 0.2) is 18.2 Å². The summed E-state index contributed by atoms with van der Waals surface area (Å²) in [4.78, 5) is 0. The fraction of sp³-hybridized carbons (Fsp3) is 0.417. The summed E-state index contributed by atoms with van der Waals surface area (Å²) in [6.45, 7) is 1.93. The van der Waals surface area contributed by atoms with Crippen molar-refractivity contribution in [2.24, 2.45) is 5.92 Å². The Bertz CT molecular complexity index is 382. The molecule has 16 heavy (non-hydrogen) atoms. The van der Waals surface area contributed by atoms with Crippen molar-refractivity contribution in [1.82, 2.24) is 0 Å². The highest BCUT2D eigenvalue weighted by atomic mass is 35.5. The van der Waals surface area contributed by atoms with Gasteiger partial charge in [0, 0.05) is 5.02 Å². The molecule has 86 valence electrons. The molecule has 0 aliphatic carbocycles. The van der Waals surface area contributed by atoms with E-state index in [4.69, 9.17) is 16.9 Å². The molecule has 0 saturated carbocycles. The highest BCUT2D eigenvalue weighted by molar-refractivity contribution is 6.30. The number of aliphatic hydroxyl groups is 1. The molecule has 4 heteroatoms. The number of nitriles is 1. The van der Waals surface area contributed by atoms with Crippen LogP contribution in [0, 0.1) is 23.1 Å². The van der Waals surface area contributed by atoms with Crippen LogP contribution in [-0.2, 0) is 0 Å². The Morgan fingerprint density at radius 1 is 1.50 bits per heavy atom. The van der Waals surface area contributed by atoms with E-state index < -0.39 is 17.8 Å². The third-order valence-corrected chi connectivity index (χ3v) is 2.59. The maximum absolute atomic E-state index is 13.1. The summed E-state index contributed by atoms with van der Waals surface area (Å²) >= 11 is 5.69. The Balaban J connectivity index is 2.94. The molecule has 1 N–H and O–H groups in total. The molecule has 0 fully saturated rings. The van der Waals surface area contributed by atoms with Gasteiger partial charge in [0.1, 0.15) is 5.82 Å². The molecular formula is C12H13ClFNO. The van der Waals surface area contributed by atoms with E-state index in [1.165, 1.54) is 18.2 Å². The maximum Gasteiger partial charge on any atom is 0.125 e. The van der Waals surface area contributed by atoms with Crippen LogP contribution in [0.3, 0.4) is 0 Å². The lowest BCUT2D eigenvalue weighted by atomic mass is 9.93. The van der Waals surface area contributed by atoms with Gasteiger partial charge in [0.05, 0.1) is 18.1 Å². The van der Waals surface area contributed by atoms with Gasteiger partial charge in [0.25, 0.3) is 0 Å². The number of hydrogen-bond acceptors (Lipinski definition) is 2. The molecule has 1 rings (SSSR count). The van der Waals surface area contributed by atoms with Crippen molar-refractivity contribution in [3.05, 3.63) is 34.6 Å². The lowest BCUT2D eigenvalue weighted by molar-refractivity contribution is 0.129. The lowest BCUT2D eigenvalue weighted by Gasteiger charge is -2.16. The molecule has 0 aliphatic heterocycles. The van der Waals surface area contributed by atoms with Gasteiger partial charge in [0.15, 0.2) is 0 Å². The van der Waals surface area contributed by atoms with E-state index in [1.54, 1.807) is 0 Å². The van der Waals surface area contributed by atoms with Crippen LogP contribution in [-0.4, -0.2) is 5.11 Å². The molecule has 0 amide bonds. The third-order valence-electron chi connectivity index (χ3n) is 2.37. The molecule has 0 spiro atoms. The van der Waals surface area contributed by atoms with Gasteiger partial charge in [-0.25, -0.2) is 4.39 Å². The SMILES string of the molecule is CCCC(C#N)C(O)c1cc(F)cc(Cl)c1. The van der Waals surface area contributed by atoms with Gasteiger partial charge in [-0.15, -0.1) is 0 Å². The van der Waals surface area contributed by atoms with Crippen LogP contribution in [0.4, 0.5) is 4.39 Å². The first-order valence-corrected chi connectivity index (χ1v) is 5.50. The standard InChI is InChI=1S/C12H13ClFNO/c1-2-3-8(7-15)12(16)9-4-10(13)6-11(14)5-9/h4-6,8,12,16H,2-3H2,1H3. The van der Waals surface area contributed by atoms with Gasteiger partial charge in [-0.05, 0) is 30.2 Å². The first-order chi connectivity index (χ1) is 7.58. The Hall–Kier alpha value is -1.11. The molecule has 0 aliphatic rings. The van der Waals surface area contributed by atoms with E-state index in [1.807, 2.05) is 13.0 Å². The second kappa shape index (κ2) is 5.83. The van der Waals surface area contributed by atoms with Crippen molar-refractivity contribution in [3.8, 4) is 6.07 Å². The largest absolute Gasteiger partial charge is 0.387 e. The fourth-order valence-corrected chi connectivity index (χ4v) is 1.81. The molecule has 2 unspecified atom stereocenters. The molecular weight excluding hydrogens is 229 g/mol. The summed E-state index contributed by atoms with van der Waals surface area (Å²) in [5.41, 5.74) is 0.352. The summed E-state index contributed by atoms with van der Waals surface area (Å²) in [6.07, 6.45) is 0.377. The van der Waals surface area contributed by atoms with Crippen molar-refractivity contribution < 1.29 is 9.50 Å². The normalized spacial score (nSPS) is 14.2. The molecule has 2 nitrogen and oxygen atoms in total. The molecule has 2 atom stereocenters. The Labute approximate surface area is 99.3 Å². The summed E-state index contributed by atoms with van der Waals surface area (Å²) in [7, 11) is 0. The van der Waals surface area contributed by atoms with E-state index >= 15 is 0 Å². The highest BCUT2D eigenvalue weighted by Crippen LogP contribution is 2.27. The van der Waals surface area contributed by atoms with Crippen LogP contribution < -0.4 is 0 Å².